The first-order valence-electron chi connectivity index (χ1n) is 5.56. The molecule has 0 radical (unpaired) electrons. The van der Waals surface area contributed by atoms with Gasteiger partial charge < -0.3 is 4.42 Å². The van der Waals surface area contributed by atoms with Gasteiger partial charge in [0.25, 0.3) is 0 Å². The molecule has 0 aliphatic carbocycles. The smallest absolute Gasteiger partial charge is 0.197 e. The van der Waals surface area contributed by atoms with Gasteiger partial charge in [0.15, 0.2) is 12.2 Å². The fraction of sp³-hybridized carbons (Fsp3) is 0.583. The highest BCUT2D eigenvalue weighted by molar-refractivity contribution is 5.30. The van der Waals surface area contributed by atoms with E-state index >= 15 is 0 Å². The summed E-state index contributed by atoms with van der Waals surface area (Å²) in [6.45, 7) is 2.43. The highest BCUT2D eigenvalue weighted by atomic mass is 16.3. The number of nitrogens with zero attached hydrogens (tertiary/aromatic N) is 2. The monoisotopic (exact) mass is 202 g/mol. The van der Waals surface area contributed by atoms with Crippen molar-refractivity contribution < 1.29 is 4.42 Å². The Labute approximate surface area is 89.5 Å². The van der Waals surface area contributed by atoms with Crippen LogP contribution in [0, 0.1) is 11.8 Å². The molecule has 1 aromatic heterocycles. The van der Waals surface area contributed by atoms with E-state index in [-0.39, 0.29) is 5.54 Å². The number of fused-ring (bicyclic) bond motifs is 1. The van der Waals surface area contributed by atoms with E-state index in [9.17, 15) is 0 Å². The van der Waals surface area contributed by atoms with Crippen molar-refractivity contribution in [3.05, 3.63) is 18.4 Å². The van der Waals surface area contributed by atoms with Gasteiger partial charge in [0.05, 0.1) is 11.7 Å². The molecule has 2 fully saturated rings. The van der Waals surface area contributed by atoms with Crippen LogP contribution in [-0.4, -0.2) is 28.5 Å². The van der Waals surface area contributed by atoms with Gasteiger partial charge in [-0.3, -0.25) is 4.90 Å². The molecular formula is C12H14N2O. The second-order valence-corrected chi connectivity index (χ2v) is 4.34. The van der Waals surface area contributed by atoms with Crippen LogP contribution in [0.5, 0.6) is 0 Å². The maximum absolute atomic E-state index is 5.14. The molecule has 0 unspecified atom stereocenters. The van der Waals surface area contributed by atoms with Crippen molar-refractivity contribution in [2.45, 2.75) is 31.2 Å². The summed E-state index contributed by atoms with van der Waals surface area (Å²) in [5.74, 6) is 7.19. The number of hydrogen-bond acceptors (Lipinski definition) is 3. The lowest BCUT2D eigenvalue weighted by Gasteiger charge is -2.25. The van der Waals surface area contributed by atoms with Crippen LogP contribution in [0.2, 0.25) is 0 Å². The largest absolute Gasteiger partial charge is 0.435 e. The van der Waals surface area contributed by atoms with Crippen LogP contribution in [0.1, 0.15) is 31.4 Å². The molecule has 0 spiro atoms. The van der Waals surface area contributed by atoms with Crippen LogP contribution >= 0.6 is 0 Å². The van der Waals surface area contributed by atoms with Gasteiger partial charge in [-0.15, -0.1) is 0 Å². The van der Waals surface area contributed by atoms with E-state index in [0.717, 1.165) is 0 Å². The van der Waals surface area contributed by atoms with E-state index < -0.39 is 0 Å². The van der Waals surface area contributed by atoms with E-state index in [1.165, 1.54) is 45.2 Å². The number of aromatic nitrogens is 1. The maximum Gasteiger partial charge on any atom is 0.197 e. The minimum Gasteiger partial charge on any atom is -0.435 e. The zero-order valence-corrected chi connectivity index (χ0v) is 8.70. The lowest BCUT2D eigenvalue weighted by atomic mass is 9.95. The highest BCUT2D eigenvalue weighted by Crippen LogP contribution is 2.38. The Morgan fingerprint density at radius 2 is 2.13 bits per heavy atom. The fourth-order valence-electron chi connectivity index (χ4n) is 2.77. The van der Waals surface area contributed by atoms with Crippen LogP contribution in [0.15, 0.2) is 17.0 Å². The molecule has 0 N–H and O–H groups in total. The molecule has 0 bridgehead atoms. The Morgan fingerprint density at radius 1 is 1.33 bits per heavy atom. The highest BCUT2D eigenvalue weighted by Gasteiger charge is 2.42. The van der Waals surface area contributed by atoms with Crippen molar-refractivity contribution >= 4 is 0 Å². The van der Waals surface area contributed by atoms with E-state index in [2.05, 4.69) is 21.7 Å². The SMILES string of the molecule is C(#CC12CCCN1CCC2)c1cnco1. The molecule has 3 nitrogen and oxygen atoms in total. The van der Waals surface area contributed by atoms with Crippen molar-refractivity contribution in [1.82, 2.24) is 9.88 Å². The molecule has 1 aromatic rings. The lowest BCUT2D eigenvalue weighted by Crippen LogP contribution is -2.36. The van der Waals surface area contributed by atoms with Crippen LogP contribution in [0.25, 0.3) is 0 Å². The van der Waals surface area contributed by atoms with Crippen LogP contribution < -0.4 is 0 Å². The van der Waals surface area contributed by atoms with Gasteiger partial charge in [0.2, 0.25) is 0 Å². The topological polar surface area (TPSA) is 29.3 Å². The van der Waals surface area contributed by atoms with Gasteiger partial charge in [0, 0.05) is 0 Å². The van der Waals surface area contributed by atoms with E-state index in [1.54, 1.807) is 6.20 Å². The Morgan fingerprint density at radius 3 is 2.80 bits per heavy atom. The van der Waals surface area contributed by atoms with Crippen molar-refractivity contribution in [2.75, 3.05) is 13.1 Å². The summed E-state index contributed by atoms with van der Waals surface area (Å²) in [5, 5.41) is 0. The minimum atomic E-state index is 0.160. The second kappa shape index (κ2) is 3.39. The third-order valence-corrected chi connectivity index (χ3v) is 3.49. The molecule has 3 heterocycles. The van der Waals surface area contributed by atoms with Crippen LogP contribution in [-0.2, 0) is 0 Å². The fourth-order valence-corrected chi connectivity index (χ4v) is 2.77. The average molecular weight is 202 g/mol. The van der Waals surface area contributed by atoms with Gasteiger partial charge in [0.1, 0.15) is 0 Å². The molecule has 3 heteroatoms. The van der Waals surface area contributed by atoms with E-state index in [0.29, 0.717) is 5.76 Å². The predicted octanol–water partition coefficient (Wildman–Crippen LogP) is 1.65. The van der Waals surface area contributed by atoms with Gasteiger partial charge in [-0.25, -0.2) is 4.98 Å². The molecule has 0 atom stereocenters. The van der Waals surface area contributed by atoms with Crippen LogP contribution in [0.3, 0.4) is 0 Å². The van der Waals surface area contributed by atoms with Crippen molar-refractivity contribution in [1.29, 1.82) is 0 Å². The summed E-state index contributed by atoms with van der Waals surface area (Å²) < 4.78 is 5.14. The van der Waals surface area contributed by atoms with Gasteiger partial charge >= 0.3 is 0 Å². The molecule has 2 aliphatic heterocycles. The first-order chi connectivity index (χ1) is 7.39. The molecule has 3 rings (SSSR count). The van der Waals surface area contributed by atoms with Crippen molar-refractivity contribution in [2.24, 2.45) is 0 Å². The Bertz CT molecular complexity index is 389. The average Bonchev–Trinajstić information content (AvgIpc) is 2.91. The molecule has 2 saturated heterocycles. The number of rotatable bonds is 0. The standard InChI is InChI=1S/C12H14N2O/c1-4-12(5-2-8-14(12)7-1)6-3-11-9-13-10-15-11/h9-10H,1-2,4-5,7-8H2. The summed E-state index contributed by atoms with van der Waals surface area (Å²) in [6.07, 6.45) is 8.11. The number of hydrogen-bond donors (Lipinski definition) is 0. The summed E-state index contributed by atoms with van der Waals surface area (Å²) >= 11 is 0. The molecule has 0 saturated carbocycles. The Hall–Kier alpha value is -1.27. The quantitative estimate of drug-likeness (QED) is 0.599. The van der Waals surface area contributed by atoms with Gasteiger partial charge in [-0.1, -0.05) is 5.92 Å². The zero-order chi connectivity index (χ0) is 10.1. The van der Waals surface area contributed by atoms with Crippen molar-refractivity contribution in [3.8, 4) is 11.8 Å². The molecule has 15 heavy (non-hydrogen) atoms. The Balaban J connectivity index is 1.87. The summed E-state index contributed by atoms with van der Waals surface area (Å²) in [4.78, 5) is 6.39. The first-order valence-corrected chi connectivity index (χ1v) is 5.56. The second-order valence-electron chi connectivity index (χ2n) is 4.34. The lowest BCUT2D eigenvalue weighted by molar-refractivity contribution is 0.261. The molecule has 2 aliphatic rings. The van der Waals surface area contributed by atoms with Crippen molar-refractivity contribution in [3.63, 3.8) is 0 Å². The first kappa shape index (κ1) is 8.99. The molecule has 0 aromatic carbocycles. The minimum absolute atomic E-state index is 0.160. The van der Waals surface area contributed by atoms with E-state index in [1.807, 2.05) is 0 Å². The molecular weight excluding hydrogens is 188 g/mol. The summed E-state index contributed by atoms with van der Waals surface area (Å²) in [5.41, 5.74) is 0.160. The predicted molar refractivity (Wildman–Crippen MR) is 56.2 cm³/mol. The van der Waals surface area contributed by atoms with Gasteiger partial charge in [-0.2, -0.15) is 0 Å². The third-order valence-electron chi connectivity index (χ3n) is 3.49. The summed E-state index contributed by atoms with van der Waals surface area (Å²) in [6, 6.07) is 0. The third kappa shape index (κ3) is 1.46. The molecule has 0 amide bonds. The van der Waals surface area contributed by atoms with Gasteiger partial charge in [-0.05, 0) is 44.7 Å². The summed E-state index contributed by atoms with van der Waals surface area (Å²) in [7, 11) is 0. The van der Waals surface area contributed by atoms with E-state index in [4.69, 9.17) is 4.42 Å². The zero-order valence-electron chi connectivity index (χ0n) is 8.70. The van der Waals surface area contributed by atoms with Crippen LogP contribution in [0.4, 0.5) is 0 Å². The maximum atomic E-state index is 5.14. The Kier molecular flexibility index (Phi) is 2.03. The normalized spacial score (nSPS) is 23.5. The molecule has 78 valence electrons. The number of oxazole rings is 1.